The van der Waals surface area contributed by atoms with Crippen LogP contribution in [0, 0.1) is 0 Å². The number of carbonyl (C=O) groups excluding carboxylic acids is 1. The van der Waals surface area contributed by atoms with E-state index >= 15 is 0 Å². The fourth-order valence-corrected chi connectivity index (χ4v) is 4.91. The van der Waals surface area contributed by atoms with Crippen molar-refractivity contribution < 1.29 is 14.6 Å². The van der Waals surface area contributed by atoms with Gasteiger partial charge in [-0.25, -0.2) is 4.98 Å². The Morgan fingerprint density at radius 2 is 2.04 bits per heavy atom. The molecule has 1 N–H and O–H groups in total. The summed E-state index contributed by atoms with van der Waals surface area (Å²) >= 11 is 2.83. The molecule has 2 aromatic carbocycles. The van der Waals surface area contributed by atoms with Gasteiger partial charge in [-0.05, 0) is 37.6 Å². The third-order valence-electron chi connectivity index (χ3n) is 3.63. The van der Waals surface area contributed by atoms with Crippen molar-refractivity contribution in [1.82, 2.24) is 4.98 Å². The van der Waals surface area contributed by atoms with Crippen LogP contribution >= 0.6 is 23.1 Å². The van der Waals surface area contributed by atoms with Crippen molar-refractivity contribution in [2.45, 2.75) is 22.9 Å². The lowest BCUT2D eigenvalue weighted by Gasteiger charge is -2.26. The molecule has 0 radical (unpaired) electrons. The summed E-state index contributed by atoms with van der Waals surface area (Å²) in [6.45, 7) is 3.98. The molecule has 0 fully saturated rings. The fourth-order valence-electron chi connectivity index (χ4n) is 2.35. The largest absolute Gasteiger partial charge is 0.508 e. The number of fused-ring (bicyclic) bond motifs is 1. The first kappa shape index (κ1) is 16.8. The van der Waals surface area contributed by atoms with Crippen LogP contribution in [-0.2, 0) is 14.3 Å². The number of carbonyl (C=O) groups is 1. The second kappa shape index (κ2) is 6.83. The standard InChI is InChI=1S/C18H17NO3S2/c1-3-22-16(21)18(2,12-7-5-4-6-8-12)24-17-19-14-10-9-13(20)11-15(14)23-17/h4-11,20H,3H2,1-2H3. The molecular weight excluding hydrogens is 342 g/mol. The number of hydrogen-bond acceptors (Lipinski definition) is 6. The highest BCUT2D eigenvalue weighted by Crippen LogP contribution is 2.45. The van der Waals surface area contributed by atoms with Gasteiger partial charge in [-0.15, -0.1) is 11.3 Å². The molecule has 24 heavy (non-hydrogen) atoms. The number of esters is 1. The Labute approximate surface area is 148 Å². The van der Waals surface area contributed by atoms with Gasteiger partial charge in [-0.1, -0.05) is 42.1 Å². The summed E-state index contributed by atoms with van der Waals surface area (Å²) in [5, 5.41) is 9.61. The van der Waals surface area contributed by atoms with E-state index in [4.69, 9.17) is 4.74 Å². The first-order valence-electron chi connectivity index (χ1n) is 7.54. The molecule has 0 aliphatic heterocycles. The van der Waals surface area contributed by atoms with E-state index < -0.39 is 4.75 Å². The Kier molecular flexibility index (Phi) is 4.78. The van der Waals surface area contributed by atoms with E-state index in [1.54, 1.807) is 25.1 Å². The molecule has 0 aliphatic carbocycles. The average Bonchev–Trinajstić information content (AvgIpc) is 2.96. The molecule has 0 amide bonds. The molecule has 1 unspecified atom stereocenters. The number of thiazole rings is 1. The van der Waals surface area contributed by atoms with Crippen LogP contribution in [0.25, 0.3) is 10.2 Å². The molecule has 124 valence electrons. The summed E-state index contributed by atoms with van der Waals surface area (Å²) in [6, 6.07) is 14.6. The maximum atomic E-state index is 12.6. The van der Waals surface area contributed by atoms with Crippen molar-refractivity contribution in [2.24, 2.45) is 0 Å². The van der Waals surface area contributed by atoms with E-state index in [0.29, 0.717) is 6.61 Å². The van der Waals surface area contributed by atoms with Crippen molar-refractivity contribution in [2.75, 3.05) is 6.61 Å². The van der Waals surface area contributed by atoms with Gasteiger partial charge in [-0.3, -0.25) is 4.79 Å². The summed E-state index contributed by atoms with van der Waals surface area (Å²) in [5.41, 5.74) is 1.68. The molecule has 1 aromatic heterocycles. The highest BCUT2D eigenvalue weighted by Gasteiger charge is 2.39. The number of ether oxygens (including phenoxy) is 1. The number of hydrogen-bond donors (Lipinski definition) is 1. The molecule has 1 atom stereocenters. The fraction of sp³-hybridized carbons (Fsp3) is 0.222. The van der Waals surface area contributed by atoms with Gasteiger partial charge in [-0.2, -0.15) is 0 Å². The lowest BCUT2D eigenvalue weighted by molar-refractivity contribution is -0.145. The van der Waals surface area contributed by atoms with Gasteiger partial charge in [0.15, 0.2) is 4.34 Å². The van der Waals surface area contributed by atoms with Crippen molar-refractivity contribution in [3.8, 4) is 5.75 Å². The van der Waals surface area contributed by atoms with Gasteiger partial charge in [0.05, 0.1) is 16.8 Å². The van der Waals surface area contributed by atoms with E-state index in [2.05, 4.69) is 4.98 Å². The van der Waals surface area contributed by atoms with E-state index in [-0.39, 0.29) is 11.7 Å². The summed E-state index contributed by atoms with van der Waals surface area (Å²) in [5.74, 6) is -0.0813. The monoisotopic (exact) mass is 359 g/mol. The minimum Gasteiger partial charge on any atom is -0.508 e. The Hall–Kier alpha value is -2.05. The van der Waals surface area contributed by atoms with Crippen molar-refractivity contribution in [3.63, 3.8) is 0 Å². The number of benzene rings is 2. The minimum absolute atomic E-state index is 0.207. The highest BCUT2D eigenvalue weighted by molar-refractivity contribution is 8.02. The van der Waals surface area contributed by atoms with E-state index in [9.17, 15) is 9.90 Å². The quantitative estimate of drug-likeness (QED) is 0.534. The summed E-state index contributed by atoms with van der Waals surface area (Å²) in [4.78, 5) is 17.2. The third-order valence-corrected chi connectivity index (χ3v) is 6.02. The van der Waals surface area contributed by atoms with Crippen molar-refractivity contribution in [3.05, 3.63) is 54.1 Å². The van der Waals surface area contributed by atoms with Gasteiger partial charge >= 0.3 is 5.97 Å². The van der Waals surface area contributed by atoms with Crippen LogP contribution in [-0.4, -0.2) is 22.7 Å². The van der Waals surface area contributed by atoms with E-state index in [1.165, 1.54) is 23.1 Å². The van der Waals surface area contributed by atoms with Gasteiger partial charge in [0.1, 0.15) is 10.5 Å². The first-order valence-corrected chi connectivity index (χ1v) is 9.17. The van der Waals surface area contributed by atoms with Gasteiger partial charge < -0.3 is 9.84 Å². The molecule has 1 heterocycles. The summed E-state index contributed by atoms with van der Waals surface area (Å²) < 4.78 is 6.07. The lowest BCUT2D eigenvalue weighted by atomic mass is 10.0. The van der Waals surface area contributed by atoms with Crippen LogP contribution in [0.4, 0.5) is 0 Å². The van der Waals surface area contributed by atoms with Gasteiger partial charge in [0.25, 0.3) is 0 Å². The molecule has 0 saturated heterocycles. The van der Waals surface area contributed by atoms with Crippen LogP contribution in [0.2, 0.25) is 0 Å². The van der Waals surface area contributed by atoms with Crippen molar-refractivity contribution in [1.29, 1.82) is 0 Å². The molecule has 0 bridgehead atoms. The molecule has 0 saturated carbocycles. The van der Waals surface area contributed by atoms with Gasteiger partial charge in [0, 0.05) is 0 Å². The number of aromatic nitrogens is 1. The lowest BCUT2D eigenvalue weighted by Crippen LogP contribution is -2.31. The Balaban J connectivity index is 2.00. The topological polar surface area (TPSA) is 59.4 Å². The minimum atomic E-state index is -0.882. The molecular formula is C18H17NO3S2. The maximum absolute atomic E-state index is 12.6. The Morgan fingerprint density at radius 1 is 1.29 bits per heavy atom. The van der Waals surface area contributed by atoms with E-state index in [0.717, 1.165) is 20.1 Å². The first-order chi connectivity index (χ1) is 11.5. The molecule has 0 spiro atoms. The zero-order valence-corrected chi connectivity index (χ0v) is 15.0. The number of phenolic OH excluding ortho intramolecular Hbond substituents is 1. The van der Waals surface area contributed by atoms with Crippen molar-refractivity contribution >= 4 is 39.3 Å². The molecule has 3 aromatic rings. The number of nitrogens with zero attached hydrogens (tertiary/aromatic N) is 1. The van der Waals surface area contributed by atoms with Crippen LogP contribution in [0.15, 0.2) is 52.9 Å². The number of rotatable bonds is 5. The van der Waals surface area contributed by atoms with Gasteiger partial charge in [0.2, 0.25) is 0 Å². The van der Waals surface area contributed by atoms with E-state index in [1.807, 2.05) is 37.3 Å². The number of aromatic hydroxyl groups is 1. The number of phenols is 1. The average molecular weight is 359 g/mol. The second-order valence-corrected chi connectivity index (χ2v) is 8.05. The zero-order valence-electron chi connectivity index (χ0n) is 13.4. The summed E-state index contributed by atoms with van der Waals surface area (Å²) in [6.07, 6.45) is 0. The smallest absolute Gasteiger partial charge is 0.326 e. The molecule has 6 heteroatoms. The van der Waals surface area contributed by atoms with Crippen LogP contribution in [0.5, 0.6) is 5.75 Å². The van der Waals surface area contributed by atoms with Crippen LogP contribution in [0.1, 0.15) is 19.4 Å². The Bertz CT molecular complexity index is 863. The molecule has 4 nitrogen and oxygen atoms in total. The predicted octanol–water partition coefficient (Wildman–Crippen LogP) is 4.57. The maximum Gasteiger partial charge on any atom is 0.326 e. The van der Waals surface area contributed by atoms with Crippen LogP contribution < -0.4 is 0 Å². The second-order valence-electron chi connectivity index (χ2n) is 5.35. The normalized spacial score (nSPS) is 13.6. The third kappa shape index (κ3) is 3.25. The predicted molar refractivity (Wildman–Crippen MR) is 97.6 cm³/mol. The zero-order chi connectivity index (χ0) is 17.2. The Morgan fingerprint density at radius 3 is 2.75 bits per heavy atom. The highest BCUT2D eigenvalue weighted by atomic mass is 32.2. The number of thioether (sulfide) groups is 1. The molecule has 0 aliphatic rings. The molecule has 3 rings (SSSR count). The summed E-state index contributed by atoms with van der Waals surface area (Å²) in [7, 11) is 0. The van der Waals surface area contributed by atoms with Crippen LogP contribution in [0.3, 0.4) is 0 Å². The SMILES string of the molecule is CCOC(=O)C(C)(Sc1nc2ccc(O)cc2s1)c1ccccc1.